The molecule has 1 aliphatic heterocycles. The Morgan fingerprint density at radius 1 is 1.28 bits per heavy atom. The van der Waals surface area contributed by atoms with E-state index in [2.05, 4.69) is 51.5 Å². The summed E-state index contributed by atoms with van der Waals surface area (Å²) in [6.07, 6.45) is 6.00. The predicted molar refractivity (Wildman–Crippen MR) is 95.3 cm³/mol. The van der Waals surface area contributed by atoms with Gasteiger partial charge >= 0.3 is 0 Å². The number of likely N-dealkylation sites (tertiary alicyclic amines) is 1. The van der Waals surface area contributed by atoms with Gasteiger partial charge in [-0.05, 0) is 25.0 Å². The molecule has 2 unspecified atom stereocenters. The lowest BCUT2D eigenvalue weighted by atomic mass is 10.1. The van der Waals surface area contributed by atoms with E-state index in [4.69, 9.17) is 0 Å². The van der Waals surface area contributed by atoms with Gasteiger partial charge in [0.15, 0.2) is 5.65 Å². The fourth-order valence-electron chi connectivity index (χ4n) is 3.45. The number of carbonyl (C=O) groups is 1. The quantitative estimate of drug-likeness (QED) is 0.795. The largest absolute Gasteiger partial charge is 0.348 e. The van der Waals surface area contributed by atoms with Crippen LogP contribution in [0.2, 0.25) is 0 Å². The summed E-state index contributed by atoms with van der Waals surface area (Å²) >= 11 is 0. The number of hydrogen-bond donors (Lipinski definition) is 1. The highest BCUT2D eigenvalue weighted by Gasteiger charge is 2.28. The first-order chi connectivity index (χ1) is 12.2. The molecule has 1 amide bonds. The lowest BCUT2D eigenvalue weighted by molar-refractivity contribution is 0.0938. The van der Waals surface area contributed by atoms with E-state index in [1.807, 2.05) is 6.07 Å². The van der Waals surface area contributed by atoms with E-state index in [-0.39, 0.29) is 11.9 Å². The topological polar surface area (TPSA) is 62.5 Å². The van der Waals surface area contributed by atoms with Crippen LogP contribution >= 0.6 is 0 Å². The summed E-state index contributed by atoms with van der Waals surface area (Å²) < 4.78 is 1.62. The smallest absolute Gasteiger partial charge is 0.257 e. The molecule has 25 heavy (non-hydrogen) atoms. The van der Waals surface area contributed by atoms with Crippen LogP contribution in [-0.4, -0.2) is 44.5 Å². The number of carbonyl (C=O) groups excluding carboxylic acids is 1. The molecule has 0 radical (unpaired) electrons. The molecule has 0 aliphatic carbocycles. The Balaban J connectivity index is 1.42. The Morgan fingerprint density at radius 2 is 2.12 bits per heavy atom. The van der Waals surface area contributed by atoms with Gasteiger partial charge in [0.1, 0.15) is 5.56 Å². The molecule has 0 saturated carbocycles. The third kappa shape index (κ3) is 3.13. The van der Waals surface area contributed by atoms with Crippen LogP contribution in [0, 0.1) is 0 Å². The van der Waals surface area contributed by atoms with Gasteiger partial charge in [-0.2, -0.15) is 5.10 Å². The van der Waals surface area contributed by atoms with Gasteiger partial charge in [0.2, 0.25) is 0 Å². The van der Waals surface area contributed by atoms with Crippen molar-refractivity contribution in [3.05, 3.63) is 66.1 Å². The highest BCUT2D eigenvalue weighted by molar-refractivity contribution is 5.99. The van der Waals surface area contributed by atoms with Crippen LogP contribution in [0.25, 0.3) is 5.65 Å². The monoisotopic (exact) mass is 335 g/mol. The Hall–Kier alpha value is -2.73. The van der Waals surface area contributed by atoms with Gasteiger partial charge in [-0.25, -0.2) is 9.50 Å². The van der Waals surface area contributed by atoms with Gasteiger partial charge in [0.05, 0.1) is 6.20 Å². The number of nitrogens with zero attached hydrogens (tertiary/aromatic N) is 4. The molecule has 1 fully saturated rings. The van der Waals surface area contributed by atoms with Crippen molar-refractivity contribution >= 4 is 11.6 Å². The number of benzene rings is 1. The average molecular weight is 335 g/mol. The first kappa shape index (κ1) is 15.8. The first-order valence-electron chi connectivity index (χ1n) is 8.60. The van der Waals surface area contributed by atoms with Crippen LogP contribution < -0.4 is 5.32 Å². The van der Waals surface area contributed by atoms with Crippen molar-refractivity contribution in [3.63, 3.8) is 0 Å². The van der Waals surface area contributed by atoms with Crippen LogP contribution in [0.3, 0.4) is 0 Å². The van der Waals surface area contributed by atoms with Crippen LogP contribution in [0.5, 0.6) is 0 Å². The summed E-state index contributed by atoms with van der Waals surface area (Å²) in [5, 5.41) is 7.32. The zero-order valence-corrected chi connectivity index (χ0v) is 14.2. The minimum absolute atomic E-state index is 0.104. The van der Waals surface area contributed by atoms with Gasteiger partial charge in [-0.3, -0.25) is 9.69 Å². The number of rotatable bonds is 4. The first-order valence-corrected chi connectivity index (χ1v) is 8.60. The maximum Gasteiger partial charge on any atom is 0.257 e. The molecule has 128 valence electrons. The van der Waals surface area contributed by atoms with Gasteiger partial charge in [-0.15, -0.1) is 0 Å². The second kappa shape index (κ2) is 6.64. The normalized spacial score (nSPS) is 19.2. The van der Waals surface area contributed by atoms with Crippen LogP contribution in [-0.2, 0) is 0 Å². The van der Waals surface area contributed by atoms with Crippen LogP contribution in [0.1, 0.15) is 35.3 Å². The van der Waals surface area contributed by atoms with E-state index in [1.54, 1.807) is 29.2 Å². The van der Waals surface area contributed by atoms with Gasteiger partial charge in [0, 0.05) is 37.6 Å². The standard InChI is InChI=1S/C19H21N5O/c1-14(15-6-3-2-4-7-15)23-11-8-16(13-23)22-19(25)17-12-21-24-10-5-9-20-18(17)24/h2-7,9-10,12,14,16H,8,11,13H2,1H3,(H,22,25). The second-order valence-corrected chi connectivity index (χ2v) is 6.49. The fourth-order valence-corrected chi connectivity index (χ4v) is 3.45. The summed E-state index contributed by atoms with van der Waals surface area (Å²) in [6, 6.07) is 12.8. The van der Waals surface area contributed by atoms with Crippen LogP contribution in [0.15, 0.2) is 55.0 Å². The van der Waals surface area contributed by atoms with Crippen molar-refractivity contribution in [2.45, 2.75) is 25.4 Å². The minimum Gasteiger partial charge on any atom is -0.348 e. The summed E-state index contributed by atoms with van der Waals surface area (Å²) in [6.45, 7) is 4.05. The molecule has 4 rings (SSSR count). The Kier molecular flexibility index (Phi) is 4.19. The number of nitrogens with one attached hydrogen (secondary N) is 1. The SMILES string of the molecule is CC(c1ccccc1)N1CCC(NC(=O)c2cnn3cccnc23)C1. The molecule has 1 saturated heterocycles. The fraction of sp³-hybridized carbons (Fsp3) is 0.316. The van der Waals surface area contributed by atoms with Gasteiger partial charge < -0.3 is 5.32 Å². The van der Waals surface area contributed by atoms with E-state index in [9.17, 15) is 4.79 Å². The van der Waals surface area contributed by atoms with Crippen LogP contribution in [0.4, 0.5) is 0 Å². The molecule has 1 aliphatic rings. The average Bonchev–Trinajstić information content (AvgIpc) is 3.28. The van der Waals surface area contributed by atoms with E-state index < -0.39 is 0 Å². The number of amides is 1. The zero-order chi connectivity index (χ0) is 17.2. The van der Waals surface area contributed by atoms with E-state index in [0.29, 0.717) is 17.3 Å². The molecule has 1 aromatic carbocycles. The predicted octanol–water partition coefficient (Wildman–Crippen LogP) is 2.29. The van der Waals surface area contributed by atoms with Crippen molar-refractivity contribution in [2.75, 3.05) is 13.1 Å². The highest BCUT2D eigenvalue weighted by Crippen LogP contribution is 2.24. The lowest BCUT2D eigenvalue weighted by Gasteiger charge is -2.24. The second-order valence-electron chi connectivity index (χ2n) is 6.49. The summed E-state index contributed by atoms with van der Waals surface area (Å²) in [5.74, 6) is -0.104. The molecule has 2 atom stereocenters. The van der Waals surface area contributed by atoms with E-state index in [0.717, 1.165) is 19.5 Å². The minimum atomic E-state index is -0.104. The van der Waals surface area contributed by atoms with E-state index >= 15 is 0 Å². The van der Waals surface area contributed by atoms with Gasteiger partial charge in [0.25, 0.3) is 5.91 Å². The summed E-state index contributed by atoms with van der Waals surface area (Å²) in [7, 11) is 0. The molecule has 6 nitrogen and oxygen atoms in total. The summed E-state index contributed by atoms with van der Waals surface area (Å²) in [4.78, 5) is 19.3. The molecular weight excluding hydrogens is 314 g/mol. The Labute approximate surface area is 146 Å². The zero-order valence-electron chi connectivity index (χ0n) is 14.2. The number of hydrogen-bond acceptors (Lipinski definition) is 4. The van der Waals surface area contributed by atoms with Crippen molar-refractivity contribution in [1.82, 2.24) is 24.8 Å². The maximum absolute atomic E-state index is 12.6. The van der Waals surface area contributed by atoms with Crippen molar-refractivity contribution in [3.8, 4) is 0 Å². The molecule has 1 N–H and O–H groups in total. The van der Waals surface area contributed by atoms with Gasteiger partial charge in [-0.1, -0.05) is 30.3 Å². The molecule has 0 spiro atoms. The maximum atomic E-state index is 12.6. The molecule has 3 heterocycles. The lowest BCUT2D eigenvalue weighted by Crippen LogP contribution is -2.37. The Bertz CT molecular complexity index is 876. The molecule has 2 aromatic heterocycles. The third-order valence-electron chi connectivity index (χ3n) is 4.91. The molecule has 0 bridgehead atoms. The number of aromatic nitrogens is 3. The molecular formula is C19H21N5O. The van der Waals surface area contributed by atoms with Crippen molar-refractivity contribution in [1.29, 1.82) is 0 Å². The molecule has 3 aromatic rings. The third-order valence-corrected chi connectivity index (χ3v) is 4.91. The molecule has 6 heteroatoms. The van der Waals surface area contributed by atoms with E-state index in [1.165, 1.54) is 5.56 Å². The Morgan fingerprint density at radius 3 is 2.96 bits per heavy atom. The van der Waals surface area contributed by atoms with Crippen molar-refractivity contribution < 1.29 is 4.79 Å². The highest BCUT2D eigenvalue weighted by atomic mass is 16.1. The summed E-state index contributed by atoms with van der Waals surface area (Å²) in [5.41, 5.74) is 2.42. The van der Waals surface area contributed by atoms with Crippen molar-refractivity contribution in [2.24, 2.45) is 0 Å². The number of fused-ring (bicyclic) bond motifs is 1.